The lowest BCUT2D eigenvalue weighted by molar-refractivity contribution is 0.556. The molecule has 0 saturated heterocycles. The maximum atomic E-state index is 10.4. The first-order valence-electron chi connectivity index (χ1n) is 7.99. The first-order chi connectivity index (χ1) is 9.27. The monoisotopic (exact) mass is 288 g/mol. The molecule has 0 saturated carbocycles. The van der Waals surface area contributed by atoms with Gasteiger partial charge < -0.3 is 4.55 Å². The van der Waals surface area contributed by atoms with E-state index in [0.717, 1.165) is 12.8 Å². The number of hydrogen-bond donors (Lipinski definition) is 1. The predicted molar refractivity (Wildman–Crippen MR) is 85.9 cm³/mol. The normalized spacial score (nSPS) is 13.2. The molecule has 0 amide bonds. The standard InChI is InChI=1S/C16H32O2S/c1-2-3-4-5-6-7-8-9-10-11-12-13-14-15-16-19(17)18/h8-9H,2-7,10-16H2,1H3,(H,17,18)/b9-8-. The third-order valence-corrected chi connectivity index (χ3v) is 3.97. The molecule has 3 heteroatoms. The highest BCUT2D eigenvalue weighted by Crippen LogP contribution is 2.08. The van der Waals surface area contributed by atoms with Crippen LogP contribution in [0.5, 0.6) is 0 Å². The Morgan fingerprint density at radius 1 is 0.789 bits per heavy atom. The van der Waals surface area contributed by atoms with Crippen LogP contribution in [0.4, 0.5) is 0 Å². The first kappa shape index (κ1) is 18.9. The fourth-order valence-electron chi connectivity index (χ4n) is 2.12. The molecule has 1 atom stereocenters. The Hall–Kier alpha value is -0.150. The van der Waals surface area contributed by atoms with Gasteiger partial charge in [-0.3, -0.25) is 0 Å². The summed E-state index contributed by atoms with van der Waals surface area (Å²) in [6, 6.07) is 0. The predicted octanol–water partition coefficient (Wildman–Crippen LogP) is 5.47. The van der Waals surface area contributed by atoms with Crippen molar-refractivity contribution in [2.24, 2.45) is 0 Å². The maximum absolute atomic E-state index is 10.4. The Kier molecular flexibility index (Phi) is 15.8. The van der Waals surface area contributed by atoms with Gasteiger partial charge in [0.25, 0.3) is 0 Å². The minimum Gasteiger partial charge on any atom is -0.306 e. The van der Waals surface area contributed by atoms with Gasteiger partial charge in [0, 0.05) is 5.75 Å². The topological polar surface area (TPSA) is 37.3 Å². The number of unbranched alkanes of at least 4 members (excludes halogenated alkanes) is 10. The van der Waals surface area contributed by atoms with Crippen molar-refractivity contribution in [3.8, 4) is 0 Å². The average Bonchev–Trinajstić information content (AvgIpc) is 2.39. The molecule has 0 radical (unpaired) electrons. The highest BCUT2D eigenvalue weighted by Gasteiger charge is 1.94. The summed E-state index contributed by atoms with van der Waals surface area (Å²) >= 11 is -1.59. The second-order valence-corrected chi connectivity index (χ2v) is 6.31. The van der Waals surface area contributed by atoms with Crippen molar-refractivity contribution < 1.29 is 8.76 Å². The lowest BCUT2D eigenvalue weighted by atomic mass is 10.1. The van der Waals surface area contributed by atoms with E-state index in [9.17, 15) is 4.21 Å². The molecule has 0 aliphatic carbocycles. The second kappa shape index (κ2) is 15.9. The fourth-order valence-corrected chi connectivity index (χ4v) is 2.57. The summed E-state index contributed by atoms with van der Waals surface area (Å²) in [6.45, 7) is 2.25. The molecule has 114 valence electrons. The molecule has 0 aromatic rings. The van der Waals surface area contributed by atoms with Crippen molar-refractivity contribution in [1.82, 2.24) is 0 Å². The number of allylic oxidation sites excluding steroid dienone is 2. The van der Waals surface area contributed by atoms with Gasteiger partial charge in [-0.25, -0.2) is 4.21 Å². The third kappa shape index (κ3) is 17.9. The van der Waals surface area contributed by atoms with Crippen LogP contribution in [0.25, 0.3) is 0 Å². The molecule has 0 heterocycles. The highest BCUT2D eigenvalue weighted by atomic mass is 32.2. The van der Waals surface area contributed by atoms with Crippen molar-refractivity contribution in [2.45, 2.75) is 84.0 Å². The van der Waals surface area contributed by atoms with Crippen molar-refractivity contribution in [3.63, 3.8) is 0 Å². The molecule has 19 heavy (non-hydrogen) atoms. The van der Waals surface area contributed by atoms with E-state index in [-0.39, 0.29) is 0 Å². The molecule has 1 N–H and O–H groups in total. The summed E-state index contributed by atoms with van der Waals surface area (Å²) in [5.41, 5.74) is 0. The number of hydrogen-bond acceptors (Lipinski definition) is 1. The largest absolute Gasteiger partial charge is 0.306 e. The average molecular weight is 288 g/mol. The molecule has 0 aromatic carbocycles. The Morgan fingerprint density at radius 3 is 1.79 bits per heavy atom. The first-order valence-corrected chi connectivity index (χ1v) is 9.27. The van der Waals surface area contributed by atoms with Crippen LogP contribution in [0.2, 0.25) is 0 Å². The van der Waals surface area contributed by atoms with Gasteiger partial charge in [-0.05, 0) is 32.1 Å². The zero-order valence-corrected chi connectivity index (χ0v) is 13.4. The van der Waals surface area contributed by atoms with Gasteiger partial charge >= 0.3 is 0 Å². The van der Waals surface area contributed by atoms with E-state index in [0.29, 0.717) is 5.75 Å². The Bertz CT molecular complexity index is 227. The molecule has 1 unspecified atom stereocenters. The van der Waals surface area contributed by atoms with E-state index >= 15 is 0 Å². The summed E-state index contributed by atoms with van der Waals surface area (Å²) in [5.74, 6) is 0.442. The van der Waals surface area contributed by atoms with Crippen LogP contribution in [0.1, 0.15) is 84.0 Å². The van der Waals surface area contributed by atoms with Gasteiger partial charge in [0.1, 0.15) is 0 Å². The molecule has 0 fully saturated rings. The quantitative estimate of drug-likeness (QED) is 0.261. The van der Waals surface area contributed by atoms with Crippen LogP contribution in [0.3, 0.4) is 0 Å². The van der Waals surface area contributed by atoms with E-state index in [2.05, 4.69) is 19.1 Å². The summed E-state index contributed by atoms with van der Waals surface area (Å²) in [6.07, 6.45) is 19.6. The lowest BCUT2D eigenvalue weighted by Gasteiger charge is -1.99. The minimum absolute atomic E-state index is 0.442. The van der Waals surface area contributed by atoms with E-state index in [1.807, 2.05) is 0 Å². The van der Waals surface area contributed by atoms with E-state index in [1.54, 1.807) is 0 Å². The molecular formula is C16H32O2S. The summed E-state index contributed by atoms with van der Waals surface area (Å²) in [5, 5.41) is 0. The van der Waals surface area contributed by atoms with Gasteiger partial charge in [-0.15, -0.1) is 0 Å². The zero-order chi connectivity index (χ0) is 14.2. The molecule has 0 bridgehead atoms. The maximum Gasteiger partial charge on any atom is 0.152 e. The summed E-state index contributed by atoms with van der Waals surface area (Å²) in [7, 11) is 0. The van der Waals surface area contributed by atoms with E-state index in [1.165, 1.54) is 64.2 Å². The van der Waals surface area contributed by atoms with Crippen LogP contribution in [-0.4, -0.2) is 14.5 Å². The Morgan fingerprint density at radius 2 is 1.26 bits per heavy atom. The van der Waals surface area contributed by atoms with Crippen molar-refractivity contribution in [3.05, 3.63) is 12.2 Å². The Balaban J connectivity index is 3.06. The molecular weight excluding hydrogens is 256 g/mol. The second-order valence-electron chi connectivity index (χ2n) is 5.26. The molecule has 0 aliphatic rings. The van der Waals surface area contributed by atoms with E-state index < -0.39 is 11.1 Å². The smallest absolute Gasteiger partial charge is 0.152 e. The van der Waals surface area contributed by atoms with Crippen LogP contribution in [0, 0.1) is 0 Å². The molecule has 2 nitrogen and oxygen atoms in total. The Labute approximate surface area is 122 Å². The number of rotatable bonds is 14. The van der Waals surface area contributed by atoms with Gasteiger partial charge in [-0.1, -0.05) is 64.0 Å². The molecule has 0 rings (SSSR count). The van der Waals surface area contributed by atoms with Gasteiger partial charge in [0.2, 0.25) is 0 Å². The van der Waals surface area contributed by atoms with Crippen LogP contribution < -0.4 is 0 Å². The SMILES string of the molecule is CCCCCCC/C=C\CCCCCCCS(=O)O. The minimum atomic E-state index is -1.59. The van der Waals surface area contributed by atoms with Gasteiger partial charge in [-0.2, -0.15) is 0 Å². The molecule has 0 aliphatic heterocycles. The van der Waals surface area contributed by atoms with Crippen molar-refractivity contribution in [1.29, 1.82) is 0 Å². The molecule has 0 aromatic heterocycles. The highest BCUT2D eigenvalue weighted by molar-refractivity contribution is 7.79. The van der Waals surface area contributed by atoms with Crippen LogP contribution in [-0.2, 0) is 11.1 Å². The zero-order valence-electron chi connectivity index (χ0n) is 12.6. The lowest BCUT2D eigenvalue weighted by Crippen LogP contribution is -1.94. The fraction of sp³-hybridized carbons (Fsp3) is 0.875. The summed E-state index contributed by atoms with van der Waals surface area (Å²) < 4.78 is 19.0. The summed E-state index contributed by atoms with van der Waals surface area (Å²) in [4.78, 5) is 0. The third-order valence-electron chi connectivity index (χ3n) is 3.33. The van der Waals surface area contributed by atoms with Crippen LogP contribution in [0.15, 0.2) is 12.2 Å². The van der Waals surface area contributed by atoms with Crippen LogP contribution >= 0.6 is 0 Å². The van der Waals surface area contributed by atoms with Gasteiger partial charge in [0.05, 0.1) is 0 Å². The van der Waals surface area contributed by atoms with Gasteiger partial charge in [0.15, 0.2) is 11.1 Å². The van der Waals surface area contributed by atoms with E-state index in [4.69, 9.17) is 4.55 Å². The van der Waals surface area contributed by atoms with Crippen molar-refractivity contribution in [2.75, 3.05) is 5.75 Å². The van der Waals surface area contributed by atoms with Crippen molar-refractivity contribution >= 4 is 11.1 Å². The molecule has 0 spiro atoms.